The largest absolute Gasteiger partial charge is 0.316 e. The van der Waals surface area contributed by atoms with Crippen LogP contribution in [0.15, 0.2) is 12.3 Å². The minimum atomic E-state index is 0.556. The van der Waals surface area contributed by atoms with Crippen LogP contribution >= 0.6 is 0 Å². The molecule has 1 fully saturated rings. The average molecular weight is 235 g/mol. The minimum absolute atomic E-state index is 0.556. The molecule has 1 saturated carbocycles. The zero-order valence-electron chi connectivity index (χ0n) is 11.2. The second-order valence-corrected chi connectivity index (χ2v) is 5.43. The Morgan fingerprint density at radius 1 is 1.41 bits per heavy atom. The summed E-state index contributed by atoms with van der Waals surface area (Å²) in [5.41, 5.74) is 1.92. The van der Waals surface area contributed by atoms with Crippen LogP contribution in [-0.4, -0.2) is 22.9 Å². The Labute approximate surface area is 105 Å². The van der Waals surface area contributed by atoms with Crippen molar-refractivity contribution in [3.8, 4) is 0 Å². The molecule has 3 nitrogen and oxygen atoms in total. The molecule has 0 atom stereocenters. The molecule has 1 heterocycles. The molecule has 17 heavy (non-hydrogen) atoms. The molecule has 0 aliphatic heterocycles. The van der Waals surface area contributed by atoms with Crippen molar-refractivity contribution in [2.75, 3.05) is 13.1 Å². The summed E-state index contributed by atoms with van der Waals surface area (Å²) < 4.78 is 2.01. The van der Waals surface area contributed by atoms with E-state index in [0.29, 0.717) is 5.41 Å². The van der Waals surface area contributed by atoms with Crippen LogP contribution in [0.2, 0.25) is 0 Å². The lowest BCUT2D eigenvalue weighted by Gasteiger charge is -2.29. The SMILES string of the molecule is CCNCC1(CCc2ccnn2C)CCCC1. The van der Waals surface area contributed by atoms with E-state index in [2.05, 4.69) is 23.4 Å². The Hall–Kier alpha value is -0.830. The first-order valence-corrected chi connectivity index (χ1v) is 6.93. The van der Waals surface area contributed by atoms with Crippen molar-refractivity contribution in [2.24, 2.45) is 12.5 Å². The molecule has 1 aliphatic rings. The van der Waals surface area contributed by atoms with Crippen molar-refractivity contribution >= 4 is 0 Å². The van der Waals surface area contributed by atoms with E-state index in [1.807, 2.05) is 17.9 Å². The van der Waals surface area contributed by atoms with Gasteiger partial charge in [-0.15, -0.1) is 0 Å². The molecule has 0 unspecified atom stereocenters. The minimum Gasteiger partial charge on any atom is -0.316 e. The van der Waals surface area contributed by atoms with Crippen molar-refractivity contribution in [1.82, 2.24) is 15.1 Å². The quantitative estimate of drug-likeness (QED) is 0.821. The van der Waals surface area contributed by atoms with Gasteiger partial charge in [0.2, 0.25) is 0 Å². The topological polar surface area (TPSA) is 29.9 Å². The number of nitrogens with zero attached hydrogens (tertiary/aromatic N) is 2. The van der Waals surface area contributed by atoms with Crippen molar-refractivity contribution in [1.29, 1.82) is 0 Å². The molecule has 3 heteroatoms. The highest BCUT2D eigenvalue weighted by Gasteiger charge is 2.32. The second-order valence-electron chi connectivity index (χ2n) is 5.43. The first-order chi connectivity index (χ1) is 8.26. The van der Waals surface area contributed by atoms with Crippen molar-refractivity contribution in [3.05, 3.63) is 18.0 Å². The molecule has 0 saturated heterocycles. The van der Waals surface area contributed by atoms with Crippen LogP contribution in [0.25, 0.3) is 0 Å². The first kappa shape index (κ1) is 12.6. The molecule has 1 N–H and O–H groups in total. The maximum absolute atomic E-state index is 4.25. The summed E-state index contributed by atoms with van der Waals surface area (Å²) in [5.74, 6) is 0. The molecule has 1 aromatic heterocycles. The molecule has 0 bridgehead atoms. The summed E-state index contributed by atoms with van der Waals surface area (Å²) in [7, 11) is 2.04. The Kier molecular flexibility index (Phi) is 4.21. The fraction of sp³-hybridized carbons (Fsp3) is 0.786. The third kappa shape index (κ3) is 3.09. The fourth-order valence-corrected chi connectivity index (χ4v) is 3.07. The molecular weight excluding hydrogens is 210 g/mol. The van der Waals surface area contributed by atoms with Crippen LogP contribution in [0.1, 0.15) is 44.7 Å². The van der Waals surface area contributed by atoms with Crippen LogP contribution < -0.4 is 5.32 Å². The molecule has 0 aromatic carbocycles. The molecule has 1 aromatic rings. The number of nitrogens with one attached hydrogen (secondary N) is 1. The maximum Gasteiger partial charge on any atom is 0.0492 e. The number of hydrogen-bond acceptors (Lipinski definition) is 2. The van der Waals surface area contributed by atoms with Gasteiger partial charge in [-0.05, 0) is 43.7 Å². The summed E-state index contributed by atoms with van der Waals surface area (Å²) in [6.07, 6.45) is 10.0. The molecule has 1 aliphatic carbocycles. The predicted molar refractivity (Wildman–Crippen MR) is 71.0 cm³/mol. The van der Waals surface area contributed by atoms with Crippen molar-refractivity contribution < 1.29 is 0 Å². The van der Waals surface area contributed by atoms with Gasteiger partial charge < -0.3 is 5.32 Å². The summed E-state index contributed by atoms with van der Waals surface area (Å²) in [6.45, 7) is 4.48. The van der Waals surface area contributed by atoms with Gasteiger partial charge in [-0.1, -0.05) is 19.8 Å². The van der Waals surface area contributed by atoms with Crippen LogP contribution in [0.4, 0.5) is 0 Å². The third-order valence-corrected chi connectivity index (χ3v) is 4.25. The molecule has 0 amide bonds. The lowest BCUT2D eigenvalue weighted by atomic mass is 9.81. The van der Waals surface area contributed by atoms with Crippen LogP contribution in [0, 0.1) is 5.41 Å². The van der Waals surface area contributed by atoms with E-state index in [4.69, 9.17) is 0 Å². The van der Waals surface area contributed by atoms with E-state index in [1.165, 1.54) is 50.8 Å². The van der Waals surface area contributed by atoms with Gasteiger partial charge in [0, 0.05) is 25.5 Å². The number of hydrogen-bond donors (Lipinski definition) is 1. The van der Waals surface area contributed by atoms with E-state index in [1.54, 1.807) is 0 Å². The Morgan fingerprint density at radius 2 is 2.18 bits per heavy atom. The molecular formula is C14H25N3. The summed E-state index contributed by atoms with van der Waals surface area (Å²) >= 11 is 0. The Balaban J connectivity index is 1.91. The smallest absolute Gasteiger partial charge is 0.0492 e. The van der Waals surface area contributed by atoms with Gasteiger partial charge in [0.05, 0.1) is 0 Å². The summed E-state index contributed by atoms with van der Waals surface area (Å²) in [5, 5.41) is 7.80. The zero-order valence-corrected chi connectivity index (χ0v) is 11.2. The molecule has 0 radical (unpaired) electrons. The zero-order chi connectivity index (χ0) is 12.1. The Morgan fingerprint density at radius 3 is 2.76 bits per heavy atom. The summed E-state index contributed by atoms with van der Waals surface area (Å²) in [6, 6.07) is 2.15. The number of aromatic nitrogens is 2. The van der Waals surface area contributed by atoms with Gasteiger partial charge in [0.1, 0.15) is 0 Å². The lowest BCUT2D eigenvalue weighted by Crippen LogP contribution is -2.32. The highest BCUT2D eigenvalue weighted by Crippen LogP contribution is 2.41. The molecule has 2 rings (SSSR count). The van der Waals surface area contributed by atoms with E-state index in [-0.39, 0.29) is 0 Å². The fourth-order valence-electron chi connectivity index (χ4n) is 3.07. The van der Waals surface area contributed by atoms with E-state index in [9.17, 15) is 0 Å². The first-order valence-electron chi connectivity index (χ1n) is 6.93. The monoisotopic (exact) mass is 235 g/mol. The van der Waals surface area contributed by atoms with Crippen molar-refractivity contribution in [2.45, 2.75) is 45.4 Å². The normalized spacial score (nSPS) is 18.7. The molecule has 0 spiro atoms. The van der Waals surface area contributed by atoms with Crippen LogP contribution in [-0.2, 0) is 13.5 Å². The lowest BCUT2D eigenvalue weighted by molar-refractivity contribution is 0.258. The average Bonchev–Trinajstić information content (AvgIpc) is 2.94. The highest BCUT2D eigenvalue weighted by molar-refractivity contribution is 5.02. The van der Waals surface area contributed by atoms with Gasteiger partial charge in [-0.2, -0.15) is 5.10 Å². The second kappa shape index (κ2) is 5.67. The van der Waals surface area contributed by atoms with Gasteiger partial charge >= 0.3 is 0 Å². The molecule has 96 valence electrons. The van der Waals surface area contributed by atoms with Gasteiger partial charge in [-0.25, -0.2) is 0 Å². The number of aryl methyl sites for hydroxylation is 2. The van der Waals surface area contributed by atoms with Crippen molar-refractivity contribution in [3.63, 3.8) is 0 Å². The van der Waals surface area contributed by atoms with E-state index < -0.39 is 0 Å². The van der Waals surface area contributed by atoms with E-state index >= 15 is 0 Å². The standard InChI is InChI=1S/C14H25N3/c1-3-15-12-14(8-4-5-9-14)10-6-13-7-11-16-17(13)2/h7,11,15H,3-6,8-10,12H2,1-2H3. The summed E-state index contributed by atoms with van der Waals surface area (Å²) in [4.78, 5) is 0. The van der Waals surface area contributed by atoms with Crippen LogP contribution in [0.5, 0.6) is 0 Å². The van der Waals surface area contributed by atoms with Gasteiger partial charge in [0.15, 0.2) is 0 Å². The third-order valence-electron chi connectivity index (χ3n) is 4.25. The predicted octanol–water partition coefficient (Wildman–Crippen LogP) is 2.52. The number of rotatable bonds is 6. The highest BCUT2D eigenvalue weighted by atomic mass is 15.2. The van der Waals surface area contributed by atoms with Gasteiger partial charge in [0.25, 0.3) is 0 Å². The maximum atomic E-state index is 4.25. The van der Waals surface area contributed by atoms with E-state index in [0.717, 1.165) is 6.54 Å². The van der Waals surface area contributed by atoms with Gasteiger partial charge in [-0.3, -0.25) is 4.68 Å². The van der Waals surface area contributed by atoms with Crippen LogP contribution in [0.3, 0.4) is 0 Å². The Bertz CT molecular complexity index is 337.